The van der Waals surface area contributed by atoms with Gasteiger partial charge in [-0.1, -0.05) is 23.5 Å². The fourth-order valence-corrected chi connectivity index (χ4v) is 2.80. The number of anilines is 1. The van der Waals surface area contributed by atoms with Gasteiger partial charge >= 0.3 is 0 Å². The van der Waals surface area contributed by atoms with Gasteiger partial charge in [0.1, 0.15) is 5.75 Å². The summed E-state index contributed by atoms with van der Waals surface area (Å²) >= 11 is 1.48. The highest BCUT2D eigenvalue weighted by Crippen LogP contribution is 2.32. The van der Waals surface area contributed by atoms with E-state index in [0.717, 1.165) is 26.9 Å². The molecule has 18 heavy (non-hydrogen) atoms. The second-order valence-corrected chi connectivity index (χ2v) is 5.30. The molecule has 0 amide bonds. The van der Waals surface area contributed by atoms with Crippen LogP contribution in [-0.4, -0.2) is 10.1 Å². The molecule has 3 aromatic rings. The number of benzene rings is 2. The Morgan fingerprint density at radius 3 is 2.83 bits per heavy atom. The van der Waals surface area contributed by atoms with E-state index < -0.39 is 0 Å². The number of hydrogen-bond donors (Lipinski definition) is 2. The number of nitrogens with zero attached hydrogens (tertiary/aromatic N) is 1. The molecule has 3 N–H and O–H groups in total. The zero-order valence-corrected chi connectivity index (χ0v) is 10.7. The topological polar surface area (TPSA) is 59.1 Å². The number of fused-ring (bicyclic) bond motifs is 1. The van der Waals surface area contributed by atoms with Crippen LogP contribution < -0.4 is 5.73 Å². The highest BCUT2D eigenvalue weighted by atomic mass is 32.1. The minimum Gasteiger partial charge on any atom is -0.508 e. The van der Waals surface area contributed by atoms with Crippen molar-refractivity contribution in [3.05, 3.63) is 42.0 Å². The van der Waals surface area contributed by atoms with Gasteiger partial charge in [-0.2, -0.15) is 0 Å². The molecule has 0 radical (unpaired) electrons. The first-order valence-electron chi connectivity index (χ1n) is 5.59. The SMILES string of the molecule is Cc1ccc(O)cc1-c1ccc2nc(N)sc2c1. The summed E-state index contributed by atoms with van der Waals surface area (Å²) in [5.41, 5.74) is 9.85. The van der Waals surface area contributed by atoms with Crippen molar-refractivity contribution < 1.29 is 5.11 Å². The normalized spacial score (nSPS) is 10.9. The van der Waals surface area contributed by atoms with Gasteiger partial charge in [-0.25, -0.2) is 4.98 Å². The van der Waals surface area contributed by atoms with E-state index in [1.54, 1.807) is 12.1 Å². The highest BCUT2D eigenvalue weighted by molar-refractivity contribution is 7.22. The zero-order chi connectivity index (χ0) is 12.7. The van der Waals surface area contributed by atoms with Crippen LogP contribution in [0.5, 0.6) is 5.75 Å². The van der Waals surface area contributed by atoms with Crippen LogP contribution in [0.25, 0.3) is 21.3 Å². The molecule has 1 aromatic heterocycles. The first-order chi connectivity index (χ1) is 8.63. The molecule has 4 heteroatoms. The number of aryl methyl sites for hydroxylation is 1. The lowest BCUT2D eigenvalue weighted by molar-refractivity contribution is 0.475. The number of thiazole rings is 1. The van der Waals surface area contributed by atoms with Crippen LogP contribution in [0, 0.1) is 6.92 Å². The largest absolute Gasteiger partial charge is 0.508 e. The predicted molar refractivity (Wildman–Crippen MR) is 75.9 cm³/mol. The van der Waals surface area contributed by atoms with Crippen molar-refractivity contribution in [2.24, 2.45) is 0 Å². The van der Waals surface area contributed by atoms with E-state index in [1.807, 2.05) is 25.1 Å². The number of hydrogen-bond acceptors (Lipinski definition) is 4. The Bertz CT molecular complexity index is 734. The van der Waals surface area contributed by atoms with E-state index in [0.29, 0.717) is 5.13 Å². The van der Waals surface area contributed by atoms with Crippen molar-refractivity contribution in [2.45, 2.75) is 6.92 Å². The Morgan fingerprint density at radius 2 is 2.00 bits per heavy atom. The summed E-state index contributed by atoms with van der Waals surface area (Å²) in [5.74, 6) is 0.277. The monoisotopic (exact) mass is 256 g/mol. The number of rotatable bonds is 1. The first kappa shape index (κ1) is 11.0. The molecule has 3 nitrogen and oxygen atoms in total. The molecule has 0 aliphatic heterocycles. The first-order valence-corrected chi connectivity index (χ1v) is 6.41. The Labute approximate surface area is 109 Å². The van der Waals surface area contributed by atoms with Crippen molar-refractivity contribution >= 4 is 26.7 Å². The quantitative estimate of drug-likeness (QED) is 0.700. The summed E-state index contributed by atoms with van der Waals surface area (Å²) in [5, 5.41) is 10.2. The number of nitrogens with two attached hydrogens (primary N) is 1. The second-order valence-electron chi connectivity index (χ2n) is 4.23. The molecule has 90 valence electrons. The molecule has 0 bridgehead atoms. The van der Waals surface area contributed by atoms with Crippen LogP contribution in [0.4, 0.5) is 5.13 Å². The van der Waals surface area contributed by atoms with Gasteiger partial charge in [0, 0.05) is 0 Å². The second kappa shape index (κ2) is 3.99. The lowest BCUT2D eigenvalue weighted by Crippen LogP contribution is -1.83. The summed E-state index contributed by atoms with van der Waals surface area (Å²) < 4.78 is 1.06. The molecule has 0 unspecified atom stereocenters. The van der Waals surface area contributed by atoms with Crippen LogP contribution >= 0.6 is 11.3 Å². The third-order valence-electron chi connectivity index (χ3n) is 2.94. The Balaban J connectivity index is 2.21. The Hall–Kier alpha value is -2.07. The number of nitrogen functional groups attached to an aromatic ring is 1. The van der Waals surface area contributed by atoms with Gasteiger partial charge in [-0.15, -0.1) is 0 Å². The average Bonchev–Trinajstić information content (AvgIpc) is 2.71. The molecular formula is C14H12N2OS. The molecule has 0 atom stereocenters. The van der Waals surface area contributed by atoms with Gasteiger partial charge in [0.15, 0.2) is 5.13 Å². The molecule has 0 saturated carbocycles. The maximum atomic E-state index is 9.59. The van der Waals surface area contributed by atoms with E-state index in [4.69, 9.17) is 5.73 Å². The third kappa shape index (κ3) is 1.80. The molecular weight excluding hydrogens is 244 g/mol. The fraction of sp³-hybridized carbons (Fsp3) is 0.0714. The van der Waals surface area contributed by atoms with E-state index in [2.05, 4.69) is 11.1 Å². The van der Waals surface area contributed by atoms with Crippen molar-refractivity contribution in [3.63, 3.8) is 0 Å². The maximum Gasteiger partial charge on any atom is 0.181 e. The molecule has 1 heterocycles. The summed E-state index contributed by atoms with van der Waals surface area (Å²) in [6.45, 7) is 2.03. The van der Waals surface area contributed by atoms with Gasteiger partial charge in [-0.3, -0.25) is 0 Å². The standard InChI is InChI=1S/C14H12N2OS/c1-8-2-4-10(17)7-11(8)9-3-5-12-13(6-9)18-14(15)16-12/h2-7,17H,1H3,(H2,15,16). The number of aromatic nitrogens is 1. The maximum absolute atomic E-state index is 9.59. The highest BCUT2D eigenvalue weighted by Gasteiger charge is 2.06. The van der Waals surface area contributed by atoms with E-state index in [9.17, 15) is 5.11 Å². The molecule has 2 aromatic carbocycles. The van der Waals surface area contributed by atoms with Gasteiger partial charge in [-0.05, 0) is 47.9 Å². The molecule has 0 saturated heterocycles. The van der Waals surface area contributed by atoms with Gasteiger partial charge in [0.25, 0.3) is 0 Å². The number of aromatic hydroxyl groups is 1. The van der Waals surface area contributed by atoms with Gasteiger partial charge in [0.05, 0.1) is 10.2 Å². The Morgan fingerprint density at radius 1 is 1.17 bits per heavy atom. The van der Waals surface area contributed by atoms with Crippen molar-refractivity contribution in [1.82, 2.24) is 4.98 Å². The van der Waals surface area contributed by atoms with E-state index in [1.165, 1.54) is 11.3 Å². The van der Waals surface area contributed by atoms with Crippen LogP contribution in [0.15, 0.2) is 36.4 Å². The summed E-state index contributed by atoms with van der Waals surface area (Å²) in [6.07, 6.45) is 0. The summed E-state index contributed by atoms with van der Waals surface area (Å²) in [4.78, 5) is 4.23. The minimum atomic E-state index is 0.277. The number of phenolic OH excluding ortho intramolecular Hbond substituents is 1. The third-order valence-corrected chi connectivity index (χ3v) is 3.78. The van der Waals surface area contributed by atoms with Crippen LogP contribution in [-0.2, 0) is 0 Å². The summed E-state index contributed by atoms with van der Waals surface area (Å²) in [6, 6.07) is 11.4. The average molecular weight is 256 g/mol. The van der Waals surface area contributed by atoms with Crippen LogP contribution in [0.1, 0.15) is 5.56 Å². The van der Waals surface area contributed by atoms with E-state index >= 15 is 0 Å². The molecule has 0 spiro atoms. The van der Waals surface area contributed by atoms with Crippen molar-refractivity contribution in [3.8, 4) is 16.9 Å². The molecule has 0 aliphatic rings. The molecule has 0 aliphatic carbocycles. The predicted octanol–water partition coefficient (Wildman–Crippen LogP) is 3.56. The van der Waals surface area contributed by atoms with Crippen molar-refractivity contribution in [1.29, 1.82) is 0 Å². The lowest BCUT2D eigenvalue weighted by atomic mass is 10.0. The summed E-state index contributed by atoms with van der Waals surface area (Å²) in [7, 11) is 0. The number of phenols is 1. The smallest absolute Gasteiger partial charge is 0.181 e. The van der Waals surface area contributed by atoms with Crippen LogP contribution in [0.3, 0.4) is 0 Å². The van der Waals surface area contributed by atoms with E-state index in [-0.39, 0.29) is 5.75 Å². The minimum absolute atomic E-state index is 0.277. The molecule has 0 fully saturated rings. The fourth-order valence-electron chi connectivity index (χ4n) is 2.03. The van der Waals surface area contributed by atoms with Crippen molar-refractivity contribution in [2.75, 3.05) is 5.73 Å². The molecule has 3 rings (SSSR count). The lowest BCUT2D eigenvalue weighted by Gasteiger charge is -2.06. The van der Waals surface area contributed by atoms with Crippen LogP contribution in [0.2, 0.25) is 0 Å². The zero-order valence-electron chi connectivity index (χ0n) is 9.84. The Kier molecular flexibility index (Phi) is 2.45. The van der Waals surface area contributed by atoms with Gasteiger partial charge in [0.2, 0.25) is 0 Å². The van der Waals surface area contributed by atoms with Gasteiger partial charge < -0.3 is 10.8 Å².